The lowest BCUT2D eigenvalue weighted by Gasteiger charge is -2.38. The molecule has 2 aromatic carbocycles. The van der Waals surface area contributed by atoms with E-state index in [0.717, 1.165) is 12.1 Å². The highest BCUT2D eigenvalue weighted by Crippen LogP contribution is 2.37. The summed E-state index contributed by atoms with van der Waals surface area (Å²) in [6.45, 7) is 2.20. The normalized spacial score (nSPS) is 16.6. The third kappa shape index (κ3) is 5.45. The number of alkyl halides is 3. The van der Waals surface area contributed by atoms with Crippen LogP contribution in [0.1, 0.15) is 24.1 Å². The summed E-state index contributed by atoms with van der Waals surface area (Å²) in [4.78, 5) is 14.9. The average molecular weight is 502 g/mol. The van der Waals surface area contributed by atoms with Gasteiger partial charge in [-0.25, -0.2) is 4.39 Å². The molecule has 33 heavy (non-hydrogen) atoms. The number of nitrogens with zero attached hydrogens (tertiary/aromatic N) is 1. The maximum Gasteiger partial charge on any atom is 0.416 e. The minimum atomic E-state index is -4.57. The number of rotatable bonds is 6. The second-order valence-corrected chi connectivity index (χ2v) is 7.99. The van der Waals surface area contributed by atoms with Crippen molar-refractivity contribution in [3.05, 3.63) is 75.7 Å². The van der Waals surface area contributed by atoms with Gasteiger partial charge in [-0.1, -0.05) is 23.7 Å². The van der Waals surface area contributed by atoms with Gasteiger partial charge in [-0.15, -0.1) is 0 Å². The van der Waals surface area contributed by atoms with Crippen LogP contribution in [0.5, 0.6) is 0 Å². The van der Waals surface area contributed by atoms with Gasteiger partial charge in [0, 0.05) is 35.6 Å². The van der Waals surface area contributed by atoms with E-state index in [-0.39, 0.29) is 33.6 Å². The van der Waals surface area contributed by atoms with Gasteiger partial charge in [-0.3, -0.25) is 4.79 Å². The largest absolute Gasteiger partial charge is 0.416 e. The Balaban J connectivity index is 2.06. The number of methoxy groups -OCH3 is 1. The molecule has 2 aromatic rings. The van der Waals surface area contributed by atoms with Crippen LogP contribution in [-0.4, -0.2) is 36.2 Å². The molecule has 11 heteroatoms. The first-order valence-corrected chi connectivity index (χ1v) is 10.5. The molecule has 3 rings (SSSR count). The minimum absolute atomic E-state index is 0.00134. The summed E-state index contributed by atoms with van der Waals surface area (Å²) in [7, 11) is 1.50. The fourth-order valence-electron chi connectivity index (χ4n) is 3.50. The molecule has 0 saturated carbocycles. The number of allylic oxidation sites excluding steroid dienone is 1. The van der Waals surface area contributed by atoms with E-state index in [1.807, 2.05) is 0 Å². The minimum Gasteiger partial charge on any atom is -0.383 e. The Labute approximate surface area is 198 Å². The average Bonchev–Trinajstić information content (AvgIpc) is 2.73. The summed E-state index contributed by atoms with van der Waals surface area (Å²) >= 11 is 11.7. The Bertz CT molecular complexity index is 1090. The maximum absolute atomic E-state index is 14.8. The molecule has 5 nitrogen and oxygen atoms in total. The van der Waals surface area contributed by atoms with Crippen LogP contribution in [0.3, 0.4) is 0 Å². The van der Waals surface area contributed by atoms with E-state index < -0.39 is 29.5 Å². The van der Waals surface area contributed by atoms with Crippen molar-refractivity contribution in [3.63, 3.8) is 0 Å². The van der Waals surface area contributed by atoms with E-state index in [0.29, 0.717) is 12.2 Å². The third-order valence-electron chi connectivity index (χ3n) is 5.10. The van der Waals surface area contributed by atoms with Gasteiger partial charge < -0.3 is 20.3 Å². The van der Waals surface area contributed by atoms with E-state index in [2.05, 4.69) is 10.6 Å². The molecule has 0 aromatic heterocycles. The van der Waals surface area contributed by atoms with Gasteiger partial charge in [0.15, 0.2) is 5.11 Å². The molecule has 0 fully saturated rings. The van der Waals surface area contributed by atoms with Crippen molar-refractivity contribution in [2.75, 3.05) is 25.6 Å². The van der Waals surface area contributed by atoms with Crippen molar-refractivity contribution in [3.8, 4) is 0 Å². The summed E-state index contributed by atoms with van der Waals surface area (Å²) < 4.78 is 59.1. The summed E-state index contributed by atoms with van der Waals surface area (Å²) in [5.74, 6) is -1.39. The summed E-state index contributed by atoms with van der Waals surface area (Å²) in [5, 5.41) is 5.71. The van der Waals surface area contributed by atoms with Crippen LogP contribution in [0.15, 0.2) is 53.7 Å². The molecule has 0 aliphatic carbocycles. The number of halogens is 5. The van der Waals surface area contributed by atoms with Crippen molar-refractivity contribution < 1.29 is 27.1 Å². The highest BCUT2D eigenvalue weighted by Gasteiger charge is 2.36. The fourth-order valence-corrected chi connectivity index (χ4v) is 4.12. The van der Waals surface area contributed by atoms with Gasteiger partial charge >= 0.3 is 6.18 Å². The van der Waals surface area contributed by atoms with E-state index in [1.165, 1.54) is 37.4 Å². The molecule has 0 unspecified atom stereocenters. The molecule has 0 saturated heterocycles. The number of amides is 1. The Kier molecular flexibility index (Phi) is 7.61. The molecule has 1 amide bonds. The topological polar surface area (TPSA) is 53.6 Å². The molecule has 0 spiro atoms. The number of carbonyl (C=O) groups is 1. The SMILES string of the molecule is COCCN1C(=S)N[C@H](c2c(F)cccc2Cl)C(C(=O)Nc2cccc(C(F)(F)F)c2)=C1C. The van der Waals surface area contributed by atoms with Crippen LogP contribution in [0, 0.1) is 5.82 Å². The fraction of sp³-hybridized carbons (Fsp3) is 0.273. The number of hydrogen-bond acceptors (Lipinski definition) is 3. The standard InChI is InChI=1S/C22H20ClF4N3O2S/c1-12-17(20(31)28-14-6-3-5-13(11-14)22(25,26)27)19(18-15(23)7-4-8-16(18)24)29-21(33)30(12)9-10-32-2/h3-8,11,19H,9-10H2,1-2H3,(H,28,31)(H,29,33)/t19-/m0/s1. The van der Waals surface area contributed by atoms with Gasteiger partial charge in [0.2, 0.25) is 0 Å². The summed E-state index contributed by atoms with van der Waals surface area (Å²) in [6.07, 6.45) is -4.57. The first-order chi connectivity index (χ1) is 15.5. The molecule has 1 aliphatic heterocycles. The van der Waals surface area contributed by atoms with Crippen LogP contribution < -0.4 is 10.6 Å². The van der Waals surface area contributed by atoms with Gasteiger partial charge in [-0.05, 0) is 49.5 Å². The van der Waals surface area contributed by atoms with Crippen LogP contribution in [0.4, 0.5) is 23.2 Å². The summed E-state index contributed by atoms with van der Waals surface area (Å²) in [5.41, 5.74) is -0.523. The zero-order chi connectivity index (χ0) is 24.3. The Hall–Kier alpha value is -2.69. The summed E-state index contributed by atoms with van der Waals surface area (Å²) in [6, 6.07) is 7.27. The Morgan fingerprint density at radius 3 is 2.61 bits per heavy atom. The first kappa shape index (κ1) is 24.9. The number of nitrogens with one attached hydrogen (secondary N) is 2. The van der Waals surface area contributed by atoms with Gasteiger partial charge in [0.25, 0.3) is 5.91 Å². The van der Waals surface area contributed by atoms with Crippen molar-refractivity contribution >= 4 is 40.5 Å². The molecule has 176 valence electrons. The van der Waals surface area contributed by atoms with Crippen molar-refractivity contribution in [2.24, 2.45) is 0 Å². The monoisotopic (exact) mass is 501 g/mol. The molecule has 1 atom stereocenters. The number of ether oxygens (including phenoxy) is 1. The van der Waals surface area contributed by atoms with E-state index >= 15 is 0 Å². The first-order valence-electron chi connectivity index (χ1n) is 9.74. The predicted molar refractivity (Wildman–Crippen MR) is 121 cm³/mol. The molecule has 0 bridgehead atoms. The van der Waals surface area contributed by atoms with Gasteiger partial charge in [0.05, 0.1) is 23.8 Å². The van der Waals surface area contributed by atoms with Gasteiger partial charge in [-0.2, -0.15) is 13.2 Å². The van der Waals surface area contributed by atoms with Crippen molar-refractivity contribution in [1.82, 2.24) is 10.2 Å². The second kappa shape index (κ2) is 10.1. The van der Waals surface area contributed by atoms with Crippen LogP contribution in [0.25, 0.3) is 0 Å². The molecule has 0 radical (unpaired) electrons. The number of carbonyl (C=O) groups excluding carboxylic acids is 1. The Morgan fingerprint density at radius 1 is 1.27 bits per heavy atom. The highest BCUT2D eigenvalue weighted by atomic mass is 35.5. The van der Waals surface area contributed by atoms with Gasteiger partial charge in [0.1, 0.15) is 5.82 Å². The molecular formula is C22H20ClF4N3O2S. The van der Waals surface area contributed by atoms with Crippen LogP contribution >= 0.6 is 23.8 Å². The molecule has 1 aliphatic rings. The van der Waals surface area contributed by atoms with E-state index in [9.17, 15) is 22.4 Å². The van der Waals surface area contributed by atoms with Crippen LogP contribution in [-0.2, 0) is 15.7 Å². The zero-order valence-electron chi connectivity index (χ0n) is 17.6. The van der Waals surface area contributed by atoms with E-state index in [1.54, 1.807) is 11.8 Å². The van der Waals surface area contributed by atoms with E-state index in [4.69, 9.17) is 28.6 Å². The lowest BCUT2D eigenvalue weighted by Crippen LogP contribution is -2.49. The molecular weight excluding hydrogens is 482 g/mol. The molecule has 1 heterocycles. The lowest BCUT2D eigenvalue weighted by molar-refractivity contribution is -0.137. The number of benzene rings is 2. The number of thiocarbonyl (C=S) groups is 1. The third-order valence-corrected chi connectivity index (χ3v) is 5.76. The molecule has 2 N–H and O–H groups in total. The maximum atomic E-state index is 14.8. The lowest BCUT2D eigenvalue weighted by atomic mass is 9.93. The predicted octanol–water partition coefficient (Wildman–Crippen LogP) is 5.29. The zero-order valence-corrected chi connectivity index (χ0v) is 19.2. The number of anilines is 1. The smallest absolute Gasteiger partial charge is 0.383 e. The Morgan fingerprint density at radius 2 is 1.97 bits per heavy atom. The quantitative estimate of drug-likeness (QED) is 0.416. The number of hydrogen-bond donors (Lipinski definition) is 2. The van der Waals surface area contributed by atoms with Crippen molar-refractivity contribution in [2.45, 2.75) is 19.1 Å². The second-order valence-electron chi connectivity index (χ2n) is 7.19. The van der Waals surface area contributed by atoms with Crippen LogP contribution in [0.2, 0.25) is 5.02 Å². The van der Waals surface area contributed by atoms with Crippen molar-refractivity contribution in [1.29, 1.82) is 0 Å². The highest BCUT2D eigenvalue weighted by molar-refractivity contribution is 7.80.